The lowest BCUT2D eigenvalue weighted by Crippen LogP contribution is -2.30. The van der Waals surface area contributed by atoms with Crippen LogP contribution >= 0.6 is 35.0 Å². The molecule has 1 atom stereocenters. The van der Waals surface area contributed by atoms with E-state index in [9.17, 15) is 4.79 Å². The van der Waals surface area contributed by atoms with Crippen LogP contribution in [0.2, 0.25) is 10.0 Å². The molecule has 1 aromatic rings. The molecule has 1 aromatic carbocycles. The minimum absolute atomic E-state index is 0.0837. The molecule has 156 valence electrons. The molecule has 0 bridgehead atoms. The highest BCUT2D eigenvalue weighted by Crippen LogP contribution is 2.35. The first-order valence-corrected chi connectivity index (χ1v) is 11.2. The van der Waals surface area contributed by atoms with Gasteiger partial charge in [-0.25, -0.2) is 0 Å². The third-order valence-corrected chi connectivity index (χ3v) is 6.51. The van der Waals surface area contributed by atoms with Crippen molar-refractivity contribution >= 4 is 51.6 Å². The maximum absolute atomic E-state index is 12.1. The summed E-state index contributed by atoms with van der Waals surface area (Å²) in [6, 6.07) is 3.21. The molecule has 1 fully saturated rings. The SMILES string of the molecule is CCNC(=O)C1C=C(C(=N)c2cc(OCCN3CCCC3)c(Cl)cc2Cl)C(=N)S1. The number of rotatable bonds is 8. The first-order chi connectivity index (χ1) is 13.9. The molecule has 3 N–H and O–H groups in total. The first kappa shape index (κ1) is 22.2. The molecular weight excluding hydrogens is 431 g/mol. The fraction of sp³-hybridized carbons (Fsp3) is 0.450. The number of likely N-dealkylation sites (tertiary alicyclic amines) is 1. The summed E-state index contributed by atoms with van der Waals surface area (Å²) >= 11 is 13.7. The van der Waals surface area contributed by atoms with E-state index < -0.39 is 5.25 Å². The van der Waals surface area contributed by atoms with Crippen LogP contribution < -0.4 is 10.1 Å². The Morgan fingerprint density at radius 1 is 1.31 bits per heavy atom. The summed E-state index contributed by atoms with van der Waals surface area (Å²) in [7, 11) is 0. The highest BCUT2D eigenvalue weighted by Gasteiger charge is 2.30. The molecule has 29 heavy (non-hydrogen) atoms. The predicted molar refractivity (Wildman–Crippen MR) is 120 cm³/mol. The molecule has 1 unspecified atom stereocenters. The second-order valence-electron chi connectivity index (χ2n) is 6.88. The minimum atomic E-state index is -0.514. The summed E-state index contributed by atoms with van der Waals surface area (Å²) in [5, 5.41) is 19.9. The number of carbonyl (C=O) groups excluding carboxylic acids is 1. The Labute approximate surface area is 185 Å². The molecule has 2 heterocycles. The number of ether oxygens (including phenoxy) is 1. The van der Waals surface area contributed by atoms with E-state index in [-0.39, 0.29) is 16.7 Å². The van der Waals surface area contributed by atoms with Crippen LogP contribution in [0, 0.1) is 10.8 Å². The van der Waals surface area contributed by atoms with Gasteiger partial charge in [0.15, 0.2) is 0 Å². The highest BCUT2D eigenvalue weighted by molar-refractivity contribution is 8.16. The molecule has 3 rings (SSSR count). The molecule has 0 saturated carbocycles. The molecule has 1 amide bonds. The van der Waals surface area contributed by atoms with E-state index in [1.807, 2.05) is 6.92 Å². The van der Waals surface area contributed by atoms with Gasteiger partial charge in [-0.3, -0.25) is 20.5 Å². The molecule has 0 aromatic heterocycles. The van der Waals surface area contributed by atoms with Gasteiger partial charge in [0.25, 0.3) is 0 Å². The van der Waals surface area contributed by atoms with E-state index >= 15 is 0 Å². The second kappa shape index (κ2) is 9.98. The zero-order chi connectivity index (χ0) is 21.0. The van der Waals surface area contributed by atoms with Crippen LogP contribution in [0.1, 0.15) is 25.3 Å². The van der Waals surface area contributed by atoms with Crippen molar-refractivity contribution < 1.29 is 9.53 Å². The van der Waals surface area contributed by atoms with Crippen LogP contribution in [0.15, 0.2) is 23.8 Å². The zero-order valence-electron chi connectivity index (χ0n) is 16.2. The lowest BCUT2D eigenvalue weighted by molar-refractivity contribution is -0.119. The number of hydrogen-bond acceptors (Lipinski definition) is 6. The number of thioether (sulfide) groups is 1. The predicted octanol–water partition coefficient (Wildman–Crippen LogP) is 3.99. The van der Waals surface area contributed by atoms with Gasteiger partial charge in [0.05, 0.1) is 20.8 Å². The smallest absolute Gasteiger partial charge is 0.237 e. The summed E-state index contributed by atoms with van der Waals surface area (Å²) in [6.07, 6.45) is 4.08. The molecule has 0 radical (unpaired) electrons. The van der Waals surface area contributed by atoms with E-state index in [2.05, 4.69) is 10.2 Å². The van der Waals surface area contributed by atoms with Crippen LogP contribution in [0.3, 0.4) is 0 Å². The van der Waals surface area contributed by atoms with Crippen molar-refractivity contribution in [2.45, 2.75) is 25.0 Å². The van der Waals surface area contributed by atoms with E-state index in [1.165, 1.54) is 12.8 Å². The summed E-state index contributed by atoms with van der Waals surface area (Å²) < 4.78 is 5.85. The van der Waals surface area contributed by atoms with Crippen molar-refractivity contribution in [3.05, 3.63) is 39.4 Å². The maximum Gasteiger partial charge on any atom is 0.237 e. The Morgan fingerprint density at radius 3 is 2.72 bits per heavy atom. The second-order valence-corrected chi connectivity index (χ2v) is 8.84. The number of benzene rings is 1. The summed E-state index contributed by atoms with van der Waals surface area (Å²) in [4.78, 5) is 14.4. The lowest BCUT2D eigenvalue weighted by Gasteiger charge is -2.16. The monoisotopic (exact) mass is 454 g/mol. The van der Waals surface area contributed by atoms with Gasteiger partial charge in [0, 0.05) is 24.2 Å². The van der Waals surface area contributed by atoms with E-state index in [4.69, 9.17) is 38.8 Å². The molecular formula is C20H24Cl2N4O2S. The number of nitrogens with one attached hydrogen (secondary N) is 3. The van der Waals surface area contributed by atoms with Gasteiger partial charge in [0.2, 0.25) is 5.91 Å². The van der Waals surface area contributed by atoms with Crippen LogP contribution in [0.25, 0.3) is 0 Å². The van der Waals surface area contributed by atoms with Crippen LogP contribution in [0.4, 0.5) is 0 Å². The minimum Gasteiger partial charge on any atom is -0.491 e. The van der Waals surface area contributed by atoms with Crippen molar-refractivity contribution in [2.24, 2.45) is 0 Å². The van der Waals surface area contributed by atoms with Gasteiger partial charge < -0.3 is 10.1 Å². The van der Waals surface area contributed by atoms with E-state index in [0.29, 0.717) is 40.1 Å². The number of carbonyl (C=O) groups is 1. The Kier molecular flexibility index (Phi) is 7.62. The maximum atomic E-state index is 12.1. The fourth-order valence-electron chi connectivity index (χ4n) is 3.32. The Bertz CT molecular complexity index is 853. The van der Waals surface area contributed by atoms with E-state index in [1.54, 1.807) is 18.2 Å². The molecule has 1 saturated heterocycles. The third kappa shape index (κ3) is 5.34. The Balaban J connectivity index is 1.74. The third-order valence-electron chi connectivity index (χ3n) is 4.84. The van der Waals surface area contributed by atoms with Gasteiger partial charge >= 0.3 is 0 Å². The van der Waals surface area contributed by atoms with Crippen molar-refractivity contribution in [3.8, 4) is 5.75 Å². The average Bonchev–Trinajstić information content (AvgIpc) is 3.33. The molecule has 0 spiro atoms. The number of nitrogens with zero attached hydrogens (tertiary/aromatic N) is 1. The van der Waals surface area contributed by atoms with Gasteiger partial charge in [0.1, 0.15) is 17.6 Å². The quantitative estimate of drug-likeness (QED) is 0.517. The molecule has 2 aliphatic heterocycles. The van der Waals surface area contributed by atoms with Crippen molar-refractivity contribution in [1.82, 2.24) is 10.2 Å². The Morgan fingerprint density at radius 2 is 2.03 bits per heavy atom. The normalized spacial score (nSPS) is 19.3. The lowest BCUT2D eigenvalue weighted by atomic mass is 10.0. The number of halogens is 2. The van der Waals surface area contributed by atoms with E-state index in [0.717, 1.165) is 31.4 Å². The van der Waals surface area contributed by atoms with Crippen molar-refractivity contribution in [3.63, 3.8) is 0 Å². The molecule has 0 aliphatic carbocycles. The molecule has 9 heteroatoms. The summed E-state index contributed by atoms with van der Waals surface area (Å²) in [6.45, 7) is 5.87. The van der Waals surface area contributed by atoms with Crippen LogP contribution in [-0.2, 0) is 4.79 Å². The van der Waals surface area contributed by atoms with Gasteiger partial charge in [-0.2, -0.15) is 0 Å². The van der Waals surface area contributed by atoms with Crippen molar-refractivity contribution in [1.29, 1.82) is 10.8 Å². The summed E-state index contributed by atoms with van der Waals surface area (Å²) in [5.74, 6) is 0.297. The fourth-order valence-corrected chi connectivity index (χ4v) is 4.80. The molecule has 2 aliphatic rings. The largest absolute Gasteiger partial charge is 0.491 e. The van der Waals surface area contributed by atoms with Crippen LogP contribution in [0.5, 0.6) is 5.75 Å². The van der Waals surface area contributed by atoms with Gasteiger partial charge in [-0.15, -0.1) is 0 Å². The molecule has 6 nitrogen and oxygen atoms in total. The van der Waals surface area contributed by atoms with Crippen molar-refractivity contribution in [2.75, 3.05) is 32.8 Å². The first-order valence-electron chi connectivity index (χ1n) is 9.59. The zero-order valence-corrected chi connectivity index (χ0v) is 18.5. The highest BCUT2D eigenvalue weighted by atomic mass is 35.5. The number of amides is 1. The summed E-state index contributed by atoms with van der Waals surface area (Å²) in [5.41, 5.74) is 0.902. The number of hydrogen-bond donors (Lipinski definition) is 3. The van der Waals surface area contributed by atoms with Crippen LogP contribution in [-0.4, -0.2) is 59.6 Å². The average molecular weight is 455 g/mol. The topological polar surface area (TPSA) is 89.3 Å². The van der Waals surface area contributed by atoms with Gasteiger partial charge in [-0.1, -0.05) is 35.0 Å². The Hall–Kier alpha value is -1.54. The standard InChI is InChI=1S/C20H24Cl2N4O2S/c1-2-25-20(27)17-10-13(19(24)29-17)18(23)12-9-16(15(22)11-14(12)21)28-8-7-26-5-3-4-6-26/h9-11,17,23-24H,2-8H2,1H3,(H,25,27). The van der Waals surface area contributed by atoms with Gasteiger partial charge in [-0.05, 0) is 51.1 Å².